The Balaban J connectivity index is 2.15. The van der Waals surface area contributed by atoms with Crippen LogP contribution >= 0.6 is 15.9 Å². The normalized spacial score (nSPS) is 18.4. The molecule has 1 aromatic rings. The molecule has 1 saturated carbocycles. The van der Waals surface area contributed by atoms with Crippen molar-refractivity contribution < 1.29 is 19.7 Å². The molecule has 2 rings (SSSR count). The SMILES string of the molecule is COc1ccc(C(O)CC2(CC(=O)O)CCCC2)c(Br)c1. The van der Waals surface area contributed by atoms with Gasteiger partial charge in [0.15, 0.2) is 0 Å². The number of ether oxygens (including phenoxy) is 1. The van der Waals surface area contributed by atoms with Crippen LogP contribution in [-0.2, 0) is 4.79 Å². The highest BCUT2D eigenvalue weighted by Crippen LogP contribution is 2.48. The third-order valence-electron chi connectivity index (χ3n) is 4.38. The van der Waals surface area contributed by atoms with Crippen molar-refractivity contribution in [3.63, 3.8) is 0 Å². The summed E-state index contributed by atoms with van der Waals surface area (Å²) in [7, 11) is 1.60. The van der Waals surface area contributed by atoms with Crippen LogP contribution in [0.5, 0.6) is 5.75 Å². The Labute approximate surface area is 133 Å². The number of aliphatic carboxylic acids is 1. The quantitative estimate of drug-likeness (QED) is 0.810. The Bertz CT molecular complexity index is 509. The maximum atomic E-state index is 11.1. The molecular formula is C16H21BrO4. The minimum Gasteiger partial charge on any atom is -0.497 e. The van der Waals surface area contributed by atoms with E-state index in [1.165, 1.54) is 0 Å². The van der Waals surface area contributed by atoms with Crippen molar-refractivity contribution in [2.75, 3.05) is 7.11 Å². The fourth-order valence-corrected chi connectivity index (χ4v) is 3.95. The highest BCUT2D eigenvalue weighted by Gasteiger charge is 2.38. The van der Waals surface area contributed by atoms with Gasteiger partial charge in [0.1, 0.15) is 5.75 Å². The van der Waals surface area contributed by atoms with Crippen molar-refractivity contribution in [3.8, 4) is 5.75 Å². The molecule has 116 valence electrons. The van der Waals surface area contributed by atoms with Crippen LogP contribution in [0.2, 0.25) is 0 Å². The van der Waals surface area contributed by atoms with Gasteiger partial charge in [-0.1, -0.05) is 34.8 Å². The number of aliphatic hydroxyl groups excluding tert-OH is 1. The number of hydrogen-bond acceptors (Lipinski definition) is 3. The Kier molecular flexibility index (Phi) is 5.27. The van der Waals surface area contributed by atoms with Crippen LogP contribution in [-0.4, -0.2) is 23.3 Å². The summed E-state index contributed by atoms with van der Waals surface area (Å²) in [6.45, 7) is 0. The van der Waals surface area contributed by atoms with E-state index < -0.39 is 12.1 Å². The largest absolute Gasteiger partial charge is 0.497 e. The van der Waals surface area contributed by atoms with Gasteiger partial charge in [-0.25, -0.2) is 0 Å². The van der Waals surface area contributed by atoms with Crippen LogP contribution in [0.4, 0.5) is 0 Å². The van der Waals surface area contributed by atoms with E-state index in [1.54, 1.807) is 7.11 Å². The van der Waals surface area contributed by atoms with Gasteiger partial charge in [-0.3, -0.25) is 4.79 Å². The van der Waals surface area contributed by atoms with Gasteiger partial charge in [0.05, 0.1) is 19.6 Å². The van der Waals surface area contributed by atoms with E-state index in [0.29, 0.717) is 6.42 Å². The highest BCUT2D eigenvalue weighted by atomic mass is 79.9. The molecule has 1 aliphatic rings. The van der Waals surface area contributed by atoms with Gasteiger partial charge in [-0.2, -0.15) is 0 Å². The summed E-state index contributed by atoms with van der Waals surface area (Å²) < 4.78 is 5.94. The molecule has 0 spiro atoms. The molecule has 0 amide bonds. The number of benzene rings is 1. The number of carboxylic acid groups (broad SMARTS) is 1. The number of halogens is 1. The second-order valence-electron chi connectivity index (χ2n) is 5.88. The van der Waals surface area contributed by atoms with Crippen LogP contribution in [0.3, 0.4) is 0 Å². The molecule has 1 aromatic carbocycles. The molecule has 1 unspecified atom stereocenters. The zero-order chi connectivity index (χ0) is 15.5. The fraction of sp³-hybridized carbons (Fsp3) is 0.562. The third-order valence-corrected chi connectivity index (χ3v) is 5.07. The lowest BCUT2D eigenvalue weighted by atomic mass is 9.76. The summed E-state index contributed by atoms with van der Waals surface area (Å²) in [5.74, 6) is -0.0585. The average Bonchev–Trinajstić information content (AvgIpc) is 2.85. The van der Waals surface area contributed by atoms with Gasteiger partial charge >= 0.3 is 5.97 Å². The molecule has 1 fully saturated rings. The molecule has 0 saturated heterocycles. The summed E-state index contributed by atoms with van der Waals surface area (Å²) >= 11 is 3.45. The van der Waals surface area contributed by atoms with E-state index in [0.717, 1.165) is 41.5 Å². The first-order valence-corrected chi connectivity index (χ1v) is 7.98. The zero-order valence-corrected chi connectivity index (χ0v) is 13.7. The minimum absolute atomic E-state index is 0.137. The first-order chi connectivity index (χ1) is 9.96. The lowest BCUT2D eigenvalue weighted by molar-refractivity contribution is -0.140. The number of rotatable bonds is 6. The smallest absolute Gasteiger partial charge is 0.303 e. The first-order valence-electron chi connectivity index (χ1n) is 7.19. The molecule has 4 nitrogen and oxygen atoms in total. The van der Waals surface area contributed by atoms with Gasteiger partial charge < -0.3 is 14.9 Å². The highest BCUT2D eigenvalue weighted by molar-refractivity contribution is 9.10. The molecule has 1 atom stereocenters. The maximum Gasteiger partial charge on any atom is 0.303 e. The van der Waals surface area contributed by atoms with Gasteiger partial charge in [0.2, 0.25) is 0 Å². The summed E-state index contributed by atoms with van der Waals surface area (Å²) in [6.07, 6.45) is 3.81. The summed E-state index contributed by atoms with van der Waals surface area (Å²) in [6, 6.07) is 5.45. The molecular weight excluding hydrogens is 336 g/mol. The van der Waals surface area contributed by atoms with E-state index in [1.807, 2.05) is 18.2 Å². The van der Waals surface area contributed by atoms with Crippen molar-refractivity contribution in [2.24, 2.45) is 5.41 Å². The Morgan fingerprint density at radius 1 is 1.43 bits per heavy atom. The second kappa shape index (κ2) is 6.79. The van der Waals surface area contributed by atoms with E-state index >= 15 is 0 Å². The molecule has 0 radical (unpaired) electrons. The van der Waals surface area contributed by atoms with Crippen LogP contribution in [0.25, 0.3) is 0 Å². The van der Waals surface area contributed by atoms with E-state index in [4.69, 9.17) is 9.84 Å². The third kappa shape index (κ3) is 3.98. The molecule has 0 heterocycles. The van der Waals surface area contributed by atoms with Crippen LogP contribution in [0.1, 0.15) is 50.2 Å². The van der Waals surface area contributed by atoms with Gasteiger partial charge in [-0.15, -0.1) is 0 Å². The molecule has 1 aliphatic carbocycles. The molecule has 0 aromatic heterocycles. The molecule has 2 N–H and O–H groups in total. The Hall–Kier alpha value is -1.07. The van der Waals surface area contributed by atoms with Crippen molar-refractivity contribution in [1.29, 1.82) is 0 Å². The molecule has 21 heavy (non-hydrogen) atoms. The fourth-order valence-electron chi connectivity index (χ4n) is 3.32. The zero-order valence-electron chi connectivity index (χ0n) is 12.1. The first kappa shape index (κ1) is 16.3. The van der Waals surface area contributed by atoms with E-state index in [9.17, 15) is 9.90 Å². The van der Waals surface area contributed by atoms with Crippen LogP contribution in [0, 0.1) is 5.41 Å². The maximum absolute atomic E-state index is 11.1. The number of carbonyl (C=O) groups is 1. The van der Waals surface area contributed by atoms with Gasteiger partial charge in [-0.05, 0) is 42.4 Å². The number of methoxy groups -OCH3 is 1. The van der Waals surface area contributed by atoms with E-state index in [-0.39, 0.29) is 11.8 Å². The van der Waals surface area contributed by atoms with Gasteiger partial charge in [0.25, 0.3) is 0 Å². The average molecular weight is 357 g/mol. The lowest BCUT2D eigenvalue weighted by Crippen LogP contribution is -2.24. The standard InChI is InChI=1S/C16H21BrO4/c1-21-11-4-5-12(13(17)8-11)14(18)9-16(10-15(19)20)6-2-3-7-16/h4-5,8,14,18H,2-3,6-7,9-10H2,1H3,(H,19,20). The minimum atomic E-state index is -0.780. The summed E-state index contributed by atoms with van der Waals surface area (Å²) in [5, 5.41) is 19.7. The van der Waals surface area contributed by atoms with Gasteiger partial charge in [0, 0.05) is 4.47 Å². The lowest BCUT2D eigenvalue weighted by Gasteiger charge is -2.30. The van der Waals surface area contributed by atoms with E-state index in [2.05, 4.69) is 15.9 Å². The monoisotopic (exact) mass is 356 g/mol. The van der Waals surface area contributed by atoms with Crippen molar-refractivity contribution in [3.05, 3.63) is 28.2 Å². The topological polar surface area (TPSA) is 66.8 Å². The van der Waals surface area contributed by atoms with Crippen molar-refractivity contribution >= 4 is 21.9 Å². The summed E-state index contributed by atoms with van der Waals surface area (Å²) in [4.78, 5) is 11.1. The Morgan fingerprint density at radius 3 is 2.62 bits per heavy atom. The number of carboxylic acids is 1. The summed E-state index contributed by atoms with van der Waals surface area (Å²) in [5.41, 5.74) is 0.511. The molecule has 0 aliphatic heterocycles. The number of hydrogen-bond donors (Lipinski definition) is 2. The molecule has 0 bridgehead atoms. The predicted molar refractivity (Wildman–Crippen MR) is 83.4 cm³/mol. The van der Waals surface area contributed by atoms with Crippen LogP contribution in [0.15, 0.2) is 22.7 Å². The van der Waals surface area contributed by atoms with Crippen molar-refractivity contribution in [1.82, 2.24) is 0 Å². The number of aliphatic hydroxyl groups is 1. The Morgan fingerprint density at radius 2 is 2.10 bits per heavy atom. The van der Waals surface area contributed by atoms with Crippen LogP contribution < -0.4 is 4.74 Å². The molecule has 5 heteroatoms. The predicted octanol–water partition coefficient (Wildman–Crippen LogP) is 3.92. The van der Waals surface area contributed by atoms with Crippen molar-refractivity contribution in [2.45, 2.75) is 44.6 Å². The second-order valence-corrected chi connectivity index (χ2v) is 6.74.